The third-order valence-electron chi connectivity index (χ3n) is 7.65. The summed E-state index contributed by atoms with van der Waals surface area (Å²) in [5, 5.41) is 18.1. The van der Waals surface area contributed by atoms with Gasteiger partial charge in [-0.05, 0) is 53.0 Å². The Labute approximate surface area is 226 Å². The number of pyridine rings is 1. The van der Waals surface area contributed by atoms with E-state index >= 15 is 0 Å². The van der Waals surface area contributed by atoms with Crippen molar-refractivity contribution >= 4 is 44.9 Å². The van der Waals surface area contributed by atoms with Crippen molar-refractivity contribution in [1.82, 2.24) is 9.97 Å². The second-order valence-corrected chi connectivity index (χ2v) is 12.1. The lowest BCUT2D eigenvalue weighted by Crippen LogP contribution is -2.29. The Morgan fingerprint density at radius 3 is 2.84 bits per heavy atom. The summed E-state index contributed by atoms with van der Waals surface area (Å²) in [7, 11) is 0. The summed E-state index contributed by atoms with van der Waals surface area (Å²) in [5.41, 5.74) is 4.98. The number of aromatic nitrogens is 2. The van der Waals surface area contributed by atoms with E-state index in [1.54, 1.807) is 0 Å². The van der Waals surface area contributed by atoms with Crippen molar-refractivity contribution in [1.29, 1.82) is 5.26 Å². The quantitative estimate of drug-likeness (QED) is 0.252. The van der Waals surface area contributed by atoms with Crippen LogP contribution in [0, 0.1) is 22.7 Å². The van der Waals surface area contributed by atoms with Gasteiger partial charge in [0.15, 0.2) is 5.13 Å². The first-order chi connectivity index (χ1) is 17.9. The average molecular weight is 527 g/mol. The van der Waals surface area contributed by atoms with Gasteiger partial charge in [-0.2, -0.15) is 5.26 Å². The van der Waals surface area contributed by atoms with Gasteiger partial charge >= 0.3 is 0 Å². The third-order valence-corrected chi connectivity index (χ3v) is 9.39. The molecule has 1 unspecified atom stereocenters. The molecular weight excluding hydrogens is 496 g/mol. The lowest BCUT2D eigenvalue weighted by Gasteiger charge is -2.37. The second-order valence-electron chi connectivity index (χ2n) is 10.2. The molecule has 1 N–H and O–H groups in total. The Bertz CT molecular complexity index is 1500. The molecule has 1 aliphatic rings. The smallest absolute Gasteiger partial charge is 0.236 e. The highest BCUT2D eigenvalue weighted by molar-refractivity contribution is 8.00. The normalized spacial score (nSPS) is 15.2. The predicted octanol–water partition coefficient (Wildman–Crippen LogP) is 7.50. The van der Waals surface area contributed by atoms with Gasteiger partial charge in [-0.15, -0.1) is 11.3 Å². The molecule has 2 heterocycles. The summed E-state index contributed by atoms with van der Waals surface area (Å²) in [6.07, 6.45) is 4.13. The fourth-order valence-electron chi connectivity index (χ4n) is 4.98. The molecule has 7 heteroatoms. The van der Waals surface area contributed by atoms with Gasteiger partial charge in [0.1, 0.15) is 11.1 Å². The summed E-state index contributed by atoms with van der Waals surface area (Å²) >= 11 is 2.73. The predicted molar refractivity (Wildman–Crippen MR) is 153 cm³/mol. The highest BCUT2D eigenvalue weighted by Crippen LogP contribution is 2.40. The van der Waals surface area contributed by atoms with Crippen LogP contribution in [-0.2, 0) is 17.6 Å². The van der Waals surface area contributed by atoms with E-state index in [4.69, 9.17) is 4.98 Å². The Kier molecular flexibility index (Phi) is 7.32. The standard InChI is InChI=1S/C30H30N4OS2/c1-4-30(2,3)22-12-13-25-20(15-22)14-21(16-31)28(32-25)36-18-27(35)34-29-33-26(17-37-29)24-11-7-9-19-8-5-6-10-23(19)24/h5-11,14,17,22H,4,12-13,15,18H2,1-3H3,(H,33,34,35). The van der Waals surface area contributed by atoms with Crippen LogP contribution in [0.1, 0.15) is 50.4 Å². The number of nitrogens with one attached hydrogen (secondary N) is 1. The van der Waals surface area contributed by atoms with Crippen molar-refractivity contribution in [3.8, 4) is 17.3 Å². The average Bonchev–Trinajstić information content (AvgIpc) is 3.38. The number of nitrogens with zero attached hydrogens (tertiary/aromatic N) is 3. The van der Waals surface area contributed by atoms with Crippen molar-refractivity contribution in [3.05, 3.63) is 70.7 Å². The number of rotatable bonds is 7. The maximum atomic E-state index is 12.7. The number of benzene rings is 2. The van der Waals surface area contributed by atoms with Gasteiger partial charge in [0.05, 0.1) is 17.0 Å². The summed E-state index contributed by atoms with van der Waals surface area (Å²) in [6, 6.07) is 18.7. The molecule has 0 saturated heterocycles. The number of hydrogen-bond acceptors (Lipinski definition) is 6. The number of carbonyl (C=O) groups is 1. The van der Waals surface area contributed by atoms with Crippen LogP contribution in [0.2, 0.25) is 0 Å². The highest BCUT2D eigenvalue weighted by atomic mass is 32.2. The van der Waals surface area contributed by atoms with Crippen molar-refractivity contribution in [3.63, 3.8) is 0 Å². The number of hydrogen-bond donors (Lipinski definition) is 1. The molecule has 1 aliphatic carbocycles. The minimum atomic E-state index is -0.156. The van der Waals surface area contributed by atoms with Gasteiger partial charge in [0.2, 0.25) is 5.91 Å². The lowest BCUT2D eigenvalue weighted by molar-refractivity contribution is -0.113. The Morgan fingerprint density at radius 1 is 1.22 bits per heavy atom. The maximum Gasteiger partial charge on any atom is 0.236 e. The first-order valence-electron chi connectivity index (χ1n) is 12.7. The van der Waals surface area contributed by atoms with Crippen molar-refractivity contribution in [2.45, 2.75) is 51.5 Å². The molecule has 4 aromatic rings. The monoisotopic (exact) mass is 526 g/mol. The first kappa shape index (κ1) is 25.4. The van der Waals surface area contributed by atoms with Crippen molar-refractivity contribution < 1.29 is 4.79 Å². The van der Waals surface area contributed by atoms with E-state index in [0.29, 0.717) is 21.6 Å². The molecule has 188 valence electrons. The van der Waals surface area contributed by atoms with E-state index in [-0.39, 0.29) is 17.1 Å². The molecule has 0 spiro atoms. The molecule has 0 radical (unpaired) electrons. The number of thioether (sulfide) groups is 1. The minimum absolute atomic E-state index is 0.156. The molecule has 0 bridgehead atoms. The third kappa shape index (κ3) is 5.41. The van der Waals surface area contributed by atoms with Crippen LogP contribution in [0.5, 0.6) is 0 Å². The summed E-state index contributed by atoms with van der Waals surface area (Å²) < 4.78 is 0. The van der Waals surface area contributed by atoms with Gasteiger partial charge in [0.25, 0.3) is 0 Å². The SMILES string of the molecule is CCC(C)(C)C1CCc2nc(SCC(=O)Nc3nc(-c4cccc5ccccc45)cs3)c(C#N)cc2C1. The Morgan fingerprint density at radius 2 is 2.03 bits per heavy atom. The Balaban J connectivity index is 1.25. The first-order valence-corrected chi connectivity index (χ1v) is 14.5. The summed E-state index contributed by atoms with van der Waals surface area (Å²) in [5.74, 6) is 0.617. The van der Waals surface area contributed by atoms with Crippen LogP contribution in [0.15, 0.2) is 58.9 Å². The largest absolute Gasteiger partial charge is 0.301 e. The van der Waals surface area contributed by atoms with Crippen LogP contribution in [0.25, 0.3) is 22.0 Å². The molecule has 37 heavy (non-hydrogen) atoms. The van der Waals surface area contributed by atoms with E-state index < -0.39 is 0 Å². The number of nitriles is 1. The molecule has 0 aliphatic heterocycles. The van der Waals surface area contributed by atoms with Crippen LogP contribution >= 0.6 is 23.1 Å². The van der Waals surface area contributed by atoms with Crippen molar-refractivity contribution in [2.24, 2.45) is 11.3 Å². The summed E-state index contributed by atoms with van der Waals surface area (Å²) in [4.78, 5) is 22.2. The van der Waals surface area contributed by atoms with Crippen LogP contribution in [0.4, 0.5) is 5.13 Å². The topological polar surface area (TPSA) is 78.7 Å². The molecule has 2 aromatic heterocycles. The summed E-state index contributed by atoms with van der Waals surface area (Å²) in [6.45, 7) is 6.91. The zero-order valence-corrected chi connectivity index (χ0v) is 23.0. The fourth-order valence-corrected chi connectivity index (χ4v) is 6.49. The van der Waals surface area contributed by atoms with Gasteiger partial charge < -0.3 is 5.32 Å². The van der Waals surface area contributed by atoms with Crippen LogP contribution in [0.3, 0.4) is 0 Å². The molecule has 1 amide bonds. The maximum absolute atomic E-state index is 12.7. The fraction of sp³-hybridized carbons (Fsp3) is 0.333. The lowest BCUT2D eigenvalue weighted by atomic mass is 9.69. The minimum Gasteiger partial charge on any atom is -0.301 e. The van der Waals surface area contributed by atoms with Gasteiger partial charge in [-0.25, -0.2) is 9.97 Å². The van der Waals surface area contributed by atoms with Gasteiger partial charge in [0, 0.05) is 16.6 Å². The number of thiazole rings is 1. The van der Waals surface area contributed by atoms with E-state index in [2.05, 4.69) is 61.4 Å². The van der Waals surface area contributed by atoms with E-state index in [1.165, 1.54) is 28.7 Å². The highest BCUT2D eigenvalue weighted by Gasteiger charge is 2.32. The molecule has 5 rings (SSSR count). The molecule has 2 aromatic carbocycles. The van der Waals surface area contributed by atoms with Crippen LogP contribution in [-0.4, -0.2) is 21.6 Å². The van der Waals surface area contributed by atoms with E-state index in [9.17, 15) is 10.1 Å². The number of anilines is 1. The van der Waals surface area contributed by atoms with Crippen LogP contribution < -0.4 is 5.32 Å². The van der Waals surface area contributed by atoms with E-state index in [1.807, 2.05) is 29.6 Å². The molecule has 0 saturated carbocycles. The molecule has 5 nitrogen and oxygen atoms in total. The zero-order chi connectivity index (χ0) is 26.0. The Hall–Kier alpha value is -3.21. The van der Waals surface area contributed by atoms with E-state index in [0.717, 1.165) is 53.4 Å². The number of aryl methyl sites for hydroxylation is 1. The number of carbonyl (C=O) groups excluding carboxylic acids is 1. The number of fused-ring (bicyclic) bond motifs is 2. The zero-order valence-electron chi connectivity index (χ0n) is 21.4. The second kappa shape index (κ2) is 10.6. The molecular formula is C30H30N4OS2. The molecule has 1 atom stereocenters. The molecule has 0 fully saturated rings. The van der Waals surface area contributed by atoms with Gasteiger partial charge in [-0.3, -0.25) is 4.79 Å². The van der Waals surface area contributed by atoms with Crippen molar-refractivity contribution in [2.75, 3.05) is 11.1 Å². The number of amides is 1. The van der Waals surface area contributed by atoms with Gasteiger partial charge in [-0.1, -0.05) is 81.4 Å².